The summed E-state index contributed by atoms with van der Waals surface area (Å²) in [6.07, 6.45) is 29.3. The number of likely N-dealkylation sites (tertiary alicyclic amines) is 1. The molecule has 1 fully saturated rings. The summed E-state index contributed by atoms with van der Waals surface area (Å²) in [5, 5.41) is 37.2. The highest BCUT2D eigenvalue weighted by Gasteiger charge is 2.29. The summed E-state index contributed by atoms with van der Waals surface area (Å²) < 4.78 is 62.5. The predicted octanol–water partition coefficient (Wildman–Crippen LogP) is 9.75. The fourth-order valence-electron chi connectivity index (χ4n) is 5.83. The van der Waals surface area contributed by atoms with Crippen LogP contribution < -0.4 is 10.6 Å². The van der Waals surface area contributed by atoms with E-state index in [9.17, 15) is 60.9 Å². The molecule has 604 valence electrons. The number of methoxy groups -OCH3 is 2. The van der Waals surface area contributed by atoms with Crippen molar-refractivity contribution in [1.82, 2.24) is 15.5 Å². The van der Waals surface area contributed by atoms with Crippen LogP contribution in [0.5, 0.6) is 0 Å². The van der Waals surface area contributed by atoms with E-state index in [-0.39, 0.29) is 83.0 Å². The van der Waals surface area contributed by atoms with Crippen LogP contribution in [-0.2, 0) is 91.2 Å². The number of hydrogen-bond donors (Lipinski definition) is 6. The molecule has 104 heavy (non-hydrogen) atoms. The Morgan fingerprint density at radius 1 is 0.500 bits per heavy atom. The van der Waals surface area contributed by atoms with Crippen molar-refractivity contribution in [2.75, 3.05) is 108 Å². The molecule has 1 saturated heterocycles. The molecule has 0 atom stereocenters. The van der Waals surface area contributed by atoms with Gasteiger partial charge in [0.05, 0.1) is 80.2 Å². The molecule has 0 spiro atoms. The summed E-state index contributed by atoms with van der Waals surface area (Å²) in [4.78, 5) is 106. The monoisotopic (exact) mass is 1510 g/mol. The summed E-state index contributed by atoms with van der Waals surface area (Å²) in [5.41, 5.74) is 1.98. The molecule has 6 N–H and O–H groups in total. The quantitative estimate of drug-likeness (QED) is 0.00836. The van der Waals surface area contributed by atoms with Gasteiger partial charge in [-0.3, -0.25) is 14.4 Å². The molecule has 29 heteroatoms. The van der Waals surface area contributed by atoms with E-state index in [4.69, 9.17) is 25.2 Å². The fraction of sp³-hybridized carbons (Fsp3) is 0.600. The van der Waals surface area contributed by atoms with E-state index in [0.29, 0.717) is 40.9 Å². The van der Waals surface area contributed by atoms with Gasteiger partial charge in [-0.25, -0.2) is 42.0 Å². The Morgan fingerprint density at radius 2 is 0.798 bits per heavy atom. The topological polar surface area (TPSA) is 401 Å². The number of aliphatic hydroxyl groups is 4. The van der Waals surface area contributed by atoms with Crippen molar-refractivity contribution in [3.8, 4) is 0 Å². The molecule has 1 aliphatic rings. The Labute approximate surface area is 623 Å². The molecule has 0 radical (unpaired) electrons. The molecular weight excluding hydrogens is 1370 g/mol. The minimum Gasteiger partial charge on any atom is -0.748 e. The number of quaternary nitrogens is 1. The van der Waals surface area contributed by atoms with Crippen molar-refractivity contribution in [3.63, 3.8) is 0 Å². The SMILES string of the molecule is C=C(C)C(=O)OC.C=C(C)C(=O)OCCCCCCCCCCCCCCCCCC.C=C(C)C(=O)OCCO.C=C(C)C(=O)OCCO.C=C(C)C(=O)OCCO.C=CC(=O)OC.C=CC(=O)OCCO.C=CN1CCCC1=O.C=CNC(=O)CC(C)(C)S(=O)(=O)[O-].C=CNC(C)=O.C[N+](C)(C)C. The van der Waals surface area contributed by atoms with Gasteiger partial charge in [0.1, 0.15) is 36.5 Å². The Morgan fingerprint density at radius 3 is 0.981 bits per heavy atom. The van der Waals surface area contributed by atoms with Crippen LogP contribution >= 0.6 is 0 Å². The first-order valence-corrected chi connectivity index (χ1v) is 35.2. The van der Waals surface area contributed by atoms with E-state index < -0.39 is 50.6 Å². The Balaban J connectivity index is -0.000000121. The summed E-state index contributed by atoms with van der Waals surface area (Å²) in [5.74, 6) is -3.27. The first-order chi connectivity index (χ1) is 48.3. The van der Waals surface area contributed by atoms with Crippen molar-refractivity contribution in [2.45, 2.75) is 189 Å². The maximum atomic E-state index is 11.2. The number of amides is 3. The lowest BCUT2D eigenvalue weighted by Crippen LogP contribution is -2.37. The van der Waals surface area contributed by atoms with Crippen LogP contribution in [0.25, 0.3) is 0 Å². The number of esters is 7. The summed E-state index contributed by atoms with van der Waals surface area (Å²) in [6.45, 7) is 48.4. The van der Waals surface area contributed by atoms with Crippen molar-refractivity contribution in [3.05, 3.63) is 124 Å². The van der Waals surface area contributed by atoms with Gasteiger partial charge in [-0.1, -0.05) is 169 Å². The zero-order chi connectivity index (χ0) is 83.1. The first-order valence-electron chi connectivity index (χ1n) is 33.8. The van der Waals surface area contributed by atoms with Crippen LogP contribution in [-0.4, -0.2) is 215 Å². The minimum atomic E-state index is -4.46. The summed E-state index contributed by atoms with van der Waals surface area (Å²) in [7, 11) is 6.68. The van der Waals surface area contributed by atoms with E-state index in [2.05, 4.69) is 140 Å². The van der Waals surface area contributed by atoms with Gasteiger partial charge in [0.2, 0.25) is 17.7 Å². The zero-order valence-electron chi connectivity index (χ0n) is 65.7. The van der Waals surface area contributed by atoms with Crippen LogP contribution in [0.1, 0.15) is 184 Å². The smallest absolute Gasteiger partial charge is 0.333 e. The van der Waals surface area contributed by atoms with Gasteiger partial charge in [0.25, 0.3) is 0 Å². The van der Waals surface area contributed by atoms with Crippen LogP contribution in [0.4, 0.5) is 0 Å². The third-order valence-corrected chi connectivity index (χ3v) is 12.7. The number of nitrogens with zero attached hydrogens (tertiary/aromatic N) is 2. The average molecular weight is 1510 g/mol. The Bertz CT molecular complexity index is 2500. The van der Waals surface area contributed by atoms with Crippen molar-refractivity contribution in [2.24, 2.45) is 0 Å². The molecule has 0 bridgehead atoms. The lowest BCUT2D eigenvalue weighted by atomic mass is 10.0. The second-order valence-corrected chi connectivity index (χ2v) is 25.9. The second kappa shape index (κ2) is 82.1. The molecule has 0 aromatic rings. The fourth-order valence-corrected chi connectivity index (χ4v) is 6.14. The summed E-state index contributed by atoms with van der Waals surface area (Å²) >= 11 is 0. The van der Waals surface area contributed by atoms with E-state index in [0.717, 1.165) is 42.2 Å². The van der Waals surface area contributed by atoms with E-state index in [1.165, 1.54) is 138 Å². The molecule has 0 aromatic carbocycles. The van der Waals surface area contributed by atoms with Crippen LogP contribution in [0, 0.1) is 0 Å². The number of carbonyl (C=O) groups excluding carboxylic acids is 10. The predicted molar refractivity (Wildman–Crippen MR) is 407 cm³/mol. The number of ether oxygens (including phenoxy) is 7. The van der Waals surface area contributed by atoms with Crippen LogP contribution in [0.3, 0.4) is 0 Å². The first kappa shape index (κ1) is 117. The molecule has 0 saturated carbocycles. The standard InChI is InChI=1S/C22H42O2.C7H13NO4S.C6H9NO.3C6H10O3.C5H8O3.C5H8O2.C4H7NO.C4H12N.C4H6O2/c1-4-5-6-7-8-9-10-11-12-13-14-15-16-17-18-19-20-24-22(23)21(2)3;1-4-8-6(9)5-7(2,3)13(10,11)12;1-2-7-5-3-4-6(7)8;3*1-5(2)6(8)9-4-3-7;1-2-5(7)8-4-3-6;1-4(2)5(6)7-3;1-3-5-4(2)6;1-5(2,3)4;1-3-4(5)6-2/h2,4-20H2,1,3H3;4H,1,5H2,2-3H3,(H,8,9)(H,10,11,12);2H,1,3-5H2;3*7H,1,3-4H2,2H3;2,6H,1,3-4H2;1H2,2-3H3;3H,1H2,2H3,(H,5,6);1-4H3;3H,1H2,2H3/q;;;;;;;;;+1;/p-1. The molecule has 1 rings (SSSR count). The van der Waals surface area contributed by atoms with Gasteiger partial charge in [0.15, 0.2) is 0 Å². The van der Waals surface area contributed by atoms with E-state index in [1.54, 1.807) is 45.7 Å². The highest BCUT2D eigenvalue weighted by atomic mass is 32.2. The maximum Gasteiger partial charge on any atom is 0.333 e. The highest BCUT2D eigenvalue weighted by molar-refractivity contribution is 7.87. The number of nitrogens with one attached hydrogen (secondary N) is 2. The molecule has 0 aromatic heterocycles. The number of aliphatic hydroxyl groups excluding tert-OH is 4. The third kappa shape index (κ3) is 107. The molecule has 28 nitrogen and oxygen atoms in total. The van der Waals surface area contributed by atoms with Gasteiger partial charge in [-0.05, 0) is 79.9 Å². The van der Waals surface area contributed by atoms with Crippen molar-refractivity contribution in [1.29, 1.82) is 0 Å². The van der Waals surface area contributed by atoms with Gasteiger partial charge in [0, 0.05) is 66.3 Å². The number of rotatable bonds is 38. The molecule has 0 aliphatic carbocycles. The van der Waals surface area contributed by atoms with Crippen LogP contribution in [0.15, 0.2) is 124 Å². The lowest BCUT2D eigenvalue weighted by molar-refractivity contribution is -0.849. The van der Waals surface area contributed by atoms with Gasteiger partial charge in [-0.2, -0.15) is 0 Å². The third-order valence-electron chi connectivity index (χ3n) is 11.2. The highest BCUT2D eigenvalue weighted by Crippen LogP contribution is 2.19. The molecule has 1 heterocycles. The van der Waals surface area contributed by atoms with Crippen LogP contribution in [0.2, 0.25) is 0 Å². The summed E-state index contributed by atoms with van der Waals surface area (Å²) in [6, 6.07) is 0. The molecular formula is C75H134N4O24S. The van der Waals surface area contributed by atoms with Crippen molar-refractivity contribution < 1.29 is 119 Å². The number of hydrogen-bond acceptors (Lipinski definition) is 24. The molecule has 0 unspecified atom stereocenters. The minimum absolute atomic E-state index is 0.0465. The van der Waals surface area contributed by atoms with Gasteiger partial charge < -0.3 is 78.2 Å². The van der Waals surface area contributed by atoms with Crippen molar-refractivity contribution >= 4 is 69.6 Å². The Kier molecular flexibility index (Phi) is 92.3. The van der Waals surface area contributed by atoms with E-state index >= 15 is 0 Å². The lowest BCUT2D eigenvalue weighted by Gasteiger charge is -2.26. The average Bonchev–Trinajstić information content (AvgIpc) is 1.12. The Hall–Kier alpha value is -8.19. The largest absolute Gasteiger partial charge is 0.748 e. The normalized spacial score (nSPS) is 10.3. The number of carbonyl (C=O) groups is 10. The van der Waals surface area contributed by atoms with Gasteiger partial charge >= 0.3 is 41.8 Å². The maximum absolute atomic E-state index is 11.2. The number of unbranched alkanes of at least 4 members (excludes halogenated alkanes) is 15. The zero-order valence-corrected chi connectivity index (χ0v) is 66.5. The van der Waals surface area contributed by atoms with Gasteiger partial charge in [-0.15, -0.1) is 0 Å². The molecule has 3 amide bonds. The molecule has 1 aliphatic heterocycles. The van der Waals surface area contributed by atoms with E-state index in [1.807, 2.05) is 0 Å². The second-order valence-electron chi connectivity index (χ2n) is 23.9.